The van der Waals surface area contributed by atoms with Crippen LogP contribution in [0.2, 0.25) is 0 Å². The van der Waals surface area contributed by atoms with Gasteiger partial charge in [0.15, 0.2) is 11.6 Å². The number of halogens is 4. The SMILES string of the molecule is Fc1ccnc(-c2cc(F)c(F)cc2F)c1. The lowest BCUT2D eigenvalue weighted by molar-refractivity contribution is 0.496. The van der Waals surface area contributed by atoms with Gasteiger partial charge in [0.2, 0.25) is 0 Å². The van der Waals surface area contributed by atoms with Gasteiger partial charge in [0.25, 0.3) is 0 Å². The highest BCUT2D eigenvalue weighted by molar-refractivity contribution is 5.59. The van der Waals surface area contributed by atoms with Gasteiger partial charge in [0.05, 0.1) is 5.69 Å². The van der Waals surface area contributed by atoms with E-state index in [4.69, 9.17) is 0 Å². The first-order valence-corrected chi connectivity index (χ1v) is 4.34. The summed E-state index contributed by atoms with van der Waals surface area (Å²) >= 11 is 0. The average Bonchev–Trinajstić information content (AvgIpc) is 2.23. The second-order valence-electron chi connectivity index (χ2n) is 3.11. The first kappa shape index (κ1) is 10.6. The van der Waals surface area contributed by atoms with E-state index >= 15 is 0 Å². The Kier molecular flexibility index (Phi) is 2.60. The molecular formula is C11H5F4N. The summed E-state index contributed by atoms with van der Waals surface area (Å²) in [6, 6.07) is 3.06. The van der Waals surface area contributed by atoms with E-state index in [1.54, 1.807) is 0 Å². The minimum atomic E-state index is -1.29. The number of benzene rings is 1. The number of pyridine rings is 1. The third-order valence-corrected chi connectivity index (χ3v) is 2.01. The lowest BCUT2D eigenvalue weighted by Crippen LogP contribution is -1.93. The van der Waals surface area contributed by atoms with Gasteiger partial charge in [0.1, 0.15) is 11.6 Å². The molecule has 0 aliphatic rings. The first-order valence-electron chi connectivity index (χ1n) is 4.34. The molecule has 0 saturated heterocycles. The maximum atomic E-state index is 13.3. The van der Waals surface area contributed by atoms with E-state index in [9.17, 15) is 17.6 Å². The fourth-order valence-corrected chi connectivity index (χ4v) is 1.27. The Morgan fingerprint density at radius 3 is 2.19 bits per heavy atom. The van der Waals surface area contributed by atoms with Gasteiger partial charge in [-0.1, -0.05) is 0 Å². The summed E-state index contributed by atoms with van der Waals surface area (Å²) in [6.45, 7) is 0. The van der Waals surface area contributed by atoms with Crippen molar-refractivity contribution < 1.29 is 17.6 Å². The van der Waals surface area contributed by atoms with Crippen LogP contribution in [-0.4, -0.2) is 4.98 Å². The Hall–Kier alpha value is -1.91. The topological polar surface area (TPSA) is 12.9 Å². The molecule has 0 spiro atoms. The smallest absolute Gasteiger partial charge is 0.161 e. The maximum Gasteiger partial charge on any atom is 0.161 e. The molecule has 5 heteroatoms. The van der Waals surface area contributed by atoms with Crippen LogP contribution in [0.5, 0.6) is 0 Å². The fraction of sp³-hybridized carbons (Fsp3) is 0. The van der Waals surface area contributed by atoms with Crippen LogP contribution in [0, 0.1) is 23.3 Å². The van der Waals surface area contributed by atoms with Crippen molar-refractivity contribution in [3.8, 4) is 11.3 Å². The third kappa shape index (κ3) is 1.88. The molecule has 16 heavy (non-hydrogen) atoms. The van der Waals surface area contributed by atoms with E-state index in [0.717, 1.165) is 18.3 Å². The zero-order valence-corrected chi connectivity index (χ0v) is 7.85. The lowest BCUT2D eigenvalue weighted by Gasteiger charge is -2.03. The molecule has 0 radical (unpaired) electrons. The molecule has 0 atom stereocenters. The molecule has 0 aliphatic heterocycles. The summed E-state index contributed by atoms with van der Waals surface area (Å²) in [5, 5.41) is 0. The van der Waals surface area contributed by atoms with Crippen LogP contribution in [0.3, 0.4) is 0 Å². The highest BCUT2D eigenvalue weighted by Crippen LogP contribution is 2.23. The van der Waals surface area contributed by atoms with E-state index in [1.165, 1.54) is 0 Å². The standard InChI is InChI=1S/C11H5F4N/c12-6-1-2-16-11(3-6)7-4-9(14)10(15)5-8(7)13/h1-5H. The Labute approximate surface area is 88.4 Å². The Morgan fingerprint density at radius 1 is 0.812 bits per heavy atom. The van der Waals surface area contributed by atoms with Crippen LogP contribution in [0.4, 0.5) is 17.6 Å². The molecule has 0 bridgehead atoms. The molecular weight excluding hydrogens is 222 g/mol. The Bertz CT molecular complexity index is 540. The predicted molar refractivity (Wildman–Crippen MR) is 49.5 cm³/mol. The minimum absolute atomic E-state index is 0.0867. The summed E-state index contributed by atoms with van der Waals surface area (Å²) in [6.07, 6.45) is 1.12. The summed E-state index contributed by atoms with van der Waals surface area (Å²) in [5.41, 5.74) is -0.366. The van der Waals surface area contributed by atoms with E-state index in [-0.39, 0.29) is 11.3 Å². The molecule has 0 unspecified atom stereocenters. The molecule has 0 fully saturated rings. The van der Waals surface area contributed by atoms with Crippen molar-refractivity contribution >= 4 is 0 Å². The fourth-order valence-electron chi connectivity index (χ4n) is 1.27. The number of rotatable bonds is 1. The van der Waals surface area contributed by atoms with Crippen molar-refractivity contribution in [3.05, 3.63) is 53.7 Å². The molecule has 0 amide bonds. The van der Waals surface area contributed by atoms with E-state index in [1.807, 2.05) is 0 Å². The van der Waals surface area contributed by atoms with E-state index in [0.29, 0.717) is 12.1 Å². The Morgan fingerprint density at radius 2 is 1.50 bits per heavy atom. The van der Waals surface area contributed by atoms with Gasteiger partial charge in [0, 0.05) is 23.9 Å². The van der Waals surface area contributed by atoms with E-state index < -0.39 is 23.3 Å². The summed E-state index contributed by atoms with van der Waals surface area (Å²) in [4.78, 5) is 3.67. The van der Waals surface area contributed by atoms with Gasteiger partial charge in [-0.15, -0.1) is 0 Å². The van der Waals surface area contributed by atoms with Crippen LogP contribution in [-0.2, 0) is 0 Å². The molecule has 2 rings (SSSR count). The summed E-state index contributed by atoms with van der Waals surface area (Å²) in [5.74, 6) is -4.12. The van der Waals surface area contributed by atoms with Gasteiger partial charge in [-0.05, 0) is 12.1 Å². The second kappa shape index (κ2) is 3.92. The molecule has 0 aliphatic carbocycles. The molecule has 1 aromatic carbocycles. The monoisotopic (exact) mass is 227 g/mol. The van der Waals surface area contributed by atoms with Crippen molar-refractivity contribution in [1.29, 1.82) is 0 Å². The predicted octanol–water partition coefficient (Wildman–Crippen LogP) is 3.31. The number of nitrogens with zero attached hydrogens (tertiary/aromatic N) is 1. The zero-order chi connectivity index (χ0) is 11.7. The van der Waals surface area contributed by atoms with Crippen molar-refractivity contribution in [2.24, 2.45) is 0 Å². The van der Waals surface area contributed by atoms with Gasteiger partial charge in [-0.2, -0.15) is 0 Å². The normalized spacial score (nSPS) is 10.5. The van der Waals surface area contributed by atoms with Gasteiger partial charge in [-0.3, -0.25) is 4.98 Å². The van der Waals surface area contributed by atoms with Crippen LogP contribution in [0.15, 0.2) is 30.5 Å². The molecule has 0 N–H and O–H groups in total. The van der Waals surface area contributed by atoms with Crippen LogP contribution in [0.25, 0.3) is 11.3 Å². The number of hydrogen-bond donors (Lipinski definition) is 0. The van der Waals surface area contributed by atoms with E-state index in [2.05, 4.69) is 4.98 Å². The molecule has 0 saturated carbocycles. The maximum absolute atomic E-state index is 13.3. The van der Waals surface area contributed by atoms with Gasteiger partial charge >= 0.3 is 0 Å². The quantitative estimate of drug-likeness (QED) is 0.538. The molecule has 1 heterocycles. The first-order chi connectivity index (χ1) is 7.58. The van der Waals surface area contributed by atoms with Crippen molar-refractivity contribution in [3.63, 3.8) is 0 Å². The average molecular weight is 227 g/mol. The molecule has 82 valence electrons. The highest BCUT2D eigenvalue weighted by Gasteiger charge is 2.12. The summed E-state index contributed by atoms with van der Waals surface area (Å²) < 4.78 is 51.6. The van der Waals surface area contributed by atoms with Crippen molar-refractivity contribution in [2.75, 3.05) is 0 Å². The van der Waals surface area contributed by atoms with Crippen LogP contribution >= 0.6 is 0 Å². The second-order valence-corrected chi connectivity index (χ2v) is 3.11. The molecule has 1 aromatic heterocycles. The zero-order valence-electron chi connectivity index (χ0n) is 7.85. The molecule has 1 nitrogen and oxygen atoms in total. The summed E-state index contributed by atoms with van der Waals surface area (Å²) in [7, 11) is 0. The number of hydrogen-bond acceptors (Lipinski definition) is 1. The van der Waals surface area contributed by atoms with Crippen molar-refractivity contribution in [1.82, 2.24) is 4.98 Å². The largest absolute Gasteiger partial charge is 0.256 e. The molecule has 2 aromatic rings. The van der Waals surface area contributed by atoms with Crippen molar-refractivity contribution in [2.45, 2.75) is 0 Å². The number of aromatic nitrogens is 1. The minimum Gasteiger partial charge on any atom is -0.256 e. The van der Waals surface area contributed by atoms with Gasteiger partial charge in [-0.25, -0.2) is 17.6 Å². The Balaban J connectivity index is 2.60. The van der Waals surface area contributed by atoms with Crippen LogP contribution < -0.4 is 0 Å². The van der Waals surface area contributed by atoms with Crippen LogP contribution in [0.1, 0.15) is 0 Å². The van der Waals surface area contributed by atoms with Gasteiger partial charge < -0.3 is 0 Å². The lowest BCUT2D eigenvalue weighted by atomic mass is 10.1. The third-order valence-electron chi connectivity index (χ3n) is 2.01. The highest BCUT2D eigenvalue weighted by atomic mass is 19.2.